The van der Waals surface area contributed by atoms with E-state index in [1.807, 2.05) is 36.7 Å². The molecule has 0 spiro atoms. The number of anilines is 1. The largest absolute Gasteiger partial charge is 0.497 e. The predicted molar refractivity (Wildman–Crippen MR) is 102 cm³/mol. The Hall–Kier alpha value is -3.14. The molecule has 1 amide bonds. The molecule has 130 valence electrons. The van der Waals surface area contributed by atoms with E-state index in [0.717, 1.165) is 41.0 Å². The average molecular weight is 344 g/mol. The first-order chi connectivity index (χ1) is 12.7. The molecule has 2 aromatic carbocycles. The first-order valence-electron chi connectivity index (χ1n) is 8.71. The van der Waals surface area contributed by atoms with Crippen molar-refractivity contribution >= 4 is 11.6 Å². The quantitative estimate of drug-likeness (QED) is 0.760. The molecule has 0 saturated heterocycles. The minimum atomic E-state index is 0.0577. The number of aryl methyl sites for hydroxylation is 2. The van der Waals surface area contributed by atoms with E-state index in [-0.39, 0.29) is 5.91 Å². The van der Waals surface area contributed by atoms with Crippen molar-refractivity contribution in [3.05, 3.63) is 77.6 Å². The number of pyridine rings is 1. The van der Waals surface area contributed by atoms with E-state index in [9.17, 15) is 4.79 Å². The summed E-state index contributed by atoms with van der Waals surface area (Å²) in [5.41, 5.74) is 6.54. The van der Waals surface area contributed by atoms with E-state index in [0.29, 0.717) is 6.42 Å². The Morgan fingerprint density at radius 2 is 1.88 bits per heavy atom. The fourth-order valence-corrected chi connectivity index (χ4v) is 3.29. The van der Waals surface area contributed by atoms with Crippen LogP contribution in [-0.2, 0) is 24.1 Å². The molecular weight excluding hydrogens is 324 g/mol. The zero-order valence-electron chi connectivity index (χ0n) is 14.7. The van der Waals surface area contributed by atoms with E-state index in [1.165, 1.54) is 11.1 Å². The number of ether oxygens (including phenoxy) is 1. The van der Waals surface area contributed by atoms with E-state index >= 15 is 0 Å². The Bertz CT molecular complexity index is 966. The van der Waals surface area contributed by atoms with Crippen LogP contribution in [0.15, 0.2) is 60.9 Å². The minimum Gasteiger partial charge on any atom is -0.497 e. The Labute approximate surface area is 152 Å². The van der Waals surface area contributed by atoms with Gasteiger partial charge in [0.05, 0.1) is 13.5 Å². The molecule has 2 heterocycles. The van der Waals surface area contributed by atoms with Crippen molar-refractivity contribution in [2.24, 2.45) is 0 Å². The van der Waals surface area contributed by atoms with E-state index in [2.05, 4.69) is 34.6 Å². The molecule has 4 nitrogen and oxygen atoms in total. The van der Waals surface area contributed by atoms with Crippen LogP contribution in [0.3, 0.4) is 0 Å². The number of nitrogens with zero attached hydrogens (tertiary/aromatic N) is 1. The van der Waals surface area contributed by atoms with Gasteiger partial charge in [-0.2, -0.15) is 0 Å². The monoisotopic (exact) mass is 344 g/mol. The summed E-state index contributed by atoms with van der Waals surface area (Å²) < 4.78 is 5.29. The molecule has 0 radical (unpaired) electrons. The summed E-state index contributed by atoms with van der Waals surface area (Å²) in [7, 11) is 1.69. The summed E-state index contributed by atoms with van der Waals surface area (Å²) in [6.45, 7) is 0. The molecule has 4 heteroatoms. The molecule has 26 heavy (non-hydrogen) atoms. The maximum Gasteiger partial charge on any atom is 0.228 e. The second-order valence-corrected chi connectivity index (χ2v) is 6.53. The molecule has 0 aliphatic carbocycles. The van der Waals surface area contributed by atoms with Gasteiger partial charge in [0.15, 0.2) is 0 Å². The molecule has 1 aromatic heterocycles. The average Bonchev–Trinajstić information content (AvgIpc) is 3.06. The lowest BCUT2D eigenvalue weighted by Crippen LogP contribution is -2.03. The van der Waals surface area contributed by atoms with Crippen molar-refractivity contribution in [1.29, 1.82) is 0 Å². The molecule has 0 unspecified atom stereocenters. The molecular formula is C22H20N2O2. The number of rotatable bonds is 5. The van der Waals surface area contributed by atoms with E-state index in [4.69, 9.17) is 4.74 Å². The molecule has 0 bridgehead atoms. The van der Waals surface area contributed by atoms with Crippen molar-refractivity contribution in [2.45, 2.75) is 19.3 Å². The van der Waals surface area contributed by atoms with Crippen molar-refractivity contribution < 1.29 is 9.53 Å². The highest BCUT2D eigenvalue weighted by Crippen LogP contribution is 2.29. The van der Waals surface area contributed by atoms with Crippen molar-refractivity contribution in [3.63, 3.8) is 0 Å². The molecule has 1 N–H and O–H groups in total. The van der Waals surface area contributed by atoms with Crippen LogP contribution < -0.4 is 10.1 Å². The third-order valence-corrected chi connectivity index (χ3v) is 4.70. The van der Waals surface area contributed by atoms with Crippen LogP contribution in [-0.4, -0.2) is 18.0 Å². The van der Waals surface area contributed by atoms with Gasteiger partial charge in [0.25, 0.3) is 0 Å². The second kappa shape index (κ2) is 7.00. The van der Waals surface area contributed by atoms with Gasteiger partial charge in [0, 0.05) is 23.6 Å². The first-order valence-corrected chi connectivity index (χ1v) is 8.71. The second-order valence-electron chi connectivity index (χ2n) is 6.53. The zero-order valence-corrected chi connectivity index (χ0v) is 14.7. The van der Waals surface area contributed by atoms with Gasteiger partial charge < -0.3 is 10.1 Å². The maximum atomic E-state index is 11.5. The minimum absolute atomic E-state index is 0.0577. The molecule has 0 fully saturated rings. The van der Waals surface area contributed by atoms with Gasteiger partial charge >= 0.3 is 0 Å². The molecule has 4 rings (SSSR count). The summed E-state index contributed by atoms with van der Waals surface area (Å²) in [5.74, 6) is 0.942. The Morgan fingerprint density at radius 3 is 2.77 bits per heavy atom. The Kier molecular flexibility index (Phi) is 4.40. The van der Waals surface area contributed by atoms with Crippen molar-refractivity contribution in [1.82, 2.24) is 4.98 Å². The number of carbonyl (C=O) groups is 1. The Morgan fingerprint density at radius 1 is 1.00 bits per heavy atom. The summed E-state index contributed by atoms with van der Waals surface area (Å²) in [4.78, 5) is 15.9. The highest BCUT2D eigenvalue weighted by molar-refractivity contribution is 5.99. The van der Waals surface area contributed by atoms with Gasteiger partial charge in [-0.1, -0.05) is 24.3 Å². The number of amides is 1. The molecule has 0 atom stereocenters. The number of hydrogen-bond donors (Lipinski definition) is 1. The number of fused-ring (bicyclic) bond motifs is 1. The van der Waals surface area contributed by atoms with Crippen LogP contribution in [0.5, 0.6) is 5.75 Å². The van der Waals surface area contributed by atoms with Crippen molar-refractivity contribution in [3.8, 4) is 16.9 Å². The van der Waals surface area contributed by atoms with Crippen LogP contribution in [0.1, 0.15) is 16.7 Å². The van der Waals surface area contributed by atoms with E-state index in [1.54, 1.807) is 7.11 Å². The lowest BCUT2D eigenvalue weighted by atomic mass is 10.0. The summed E-state index contributed by atoms with van der Waals surface area (Å²) in [5, 5.41) is 2.91. The Balaban J connectivity index is 1.52. The van der Waals surface area contributed by atoms with E-state index < -0.39 is 0 Å². The molecule has 0 saturated carbocycles. The lowest BCUT2D eigenvalue weighted by molar-refractivity contribution is -0.115. The number of aromatic nitrogens is 1. The zero-order chi connectivity index (χ0) is 17.9. The number of nitrogens with one attached hydrogen (secondary N) is 1. The topological polar surface area (TPSA) is 51.2 Å². The van der Waals surface area contributed by atoms with Crippen LogP contribution in [0.4, 0.5) is 5.69 Å². The smallest absolute Gasteiger partial charge is 0.228 e. The van der Waals surface area contributed by atoms with Gasteiger partial charge in [0.2, 0.25) is 5.91 Å². The summed E-state index contributed by atoms with van der Waals surface area (Å²) in [6, 6.07) is 16.4. The summed E-state index contributed by atoms with van der Waals surface area (Å²) in [6.07, 6.45) is 6.10. The lowest BCUT2D eigenvalue weighted by Gasteiger charge is -2.08. The van der Waals surface area contributed by atoms with Crippen LogP contribution in [0.2, 0.25) is 0 Å². The molecule has 3 aromatic rings. The first kappa shape index (κ1) is 16.3. The number of benzene rings is 2. The fraction of sp³-hybridized carbons (Fsp3) is 0.182. The van der Waals surface area contributed by atoms with Gasteiger partial charge in [-0.15, -0.1) is 0 Å². The van der Waals surface area contributed by atoms with Gasteiger partial charge in [0.1, 0.15) is 5.75 Å². The highest BCUT2D eigenvalue weighted by atomic mass is 16.5. The normalized spacial score (nSPS) is 12.6. The number of hydrogen-bond acceptors (Lipinski definition) is 3. The SMILES string of the molecule is COc1cccc(CCc2cncc(-c3ccc4c(c3)NC(=O)C4)c2)c1. The fourth-order valence-electron chi connectivity index (χ4n) is 3.29. The van der Waals surface area contributed by atoms with Gasteiger partial charge in [-0.05, 0) is 59.4 Å². The highest BCUT2D eigenvalue weighted by Gasteiger charge is 2.17. The third kappa shape index (κ3) is 3.45. The van der Waals surface area contributed by atoms with Gasteiger partial charge in [-0.3, -0.25) is 9.78 Å². The van der Waals surface area contributed by atoms with Crippen LogP contribution >= 0.6 is 0 Å². The van der Waals surface area contributed by atoms with Gasteiger partial charge in [-0.25, -0.2) is 0 Å². The third-order valence-electron chi connectivity index (χ3n) is 4.70. The summed E-state index contributed by atoms with van der Waals surface area (Å²) >= 11 is 0. The van der Waals surface area contributed by atoms with Crippen LogP contribution in [0, 0.1) is 0 Å². The number of carbonyl (C=O) groups excluding carboxylic acids is 1. The standard InChI is InChI=1S/C22H20N2O2/c1-26-20-4-2-3-15(10-20)5-6-16-9-19(14-23-13-16)17-7-8-18-12-22(25)24-21(18)11-17/h2-4,7-11,13-14H,5-6,12H2,1H3,(H,24,25). The van der Waals surface area contributed by atoms with Crippen molar-refractivity contribution in [2.75, 3.05) is 12.4 Å². The molecule has 1 aliphatic rings. The number of methoxy groups -OCH3 is 1. The van der Waals surface area contributed by atoms with Crippen LogP contribution in [0.25, 0.3) is 11.1 Å². The molecule has 1 aliphatic heterocycles. The maximum absolute atomic E-state index is 11.5. The predicted octanol–water partition coefficient (Wildman–Crippen LogP) is 4.04.